The molecule has 0 radical (unpaired) electrons. The van der Waals surface area contributed by atoms with E-state index in [0.717, 1.165) is 82.3 Å². The Balaban J connectivity index is 1.85. The van der Waals surface area contributed by atoms with Gasteiger partial charge in [-0.2, -0.15) is 0 Å². The molecule has 7 heteroatoms. The second-order valence-corrected chi connectivity index (χ2v) is 8.84. The molecule has 1 heterocycles. The second-order valence-electron chi connectivity index (χ2n) is 6.84. The molecule has 0 aliphatic heterocycles. The van der Waals surface area contributed by atoms with Crippen molar-refractivity contribution in [1.82, 2.24) is 10.6 Å². The minimum absolute atomic E-state index is 0.309. The minimum Gasteiger partial charge on any atom is -0.469 e. The predicted molar refractivity (Wildman–Crippen MR) is 112 cm³/mol. The number of ether oxygens (including phenoxy) is 1. The lowest BCUT2D eigenvalue weighted by Crippen LogP contribution is -2.47. The number of hydrogen-bond donors (Lipinski definition) is 2. The highest BCUT2D eigenvalue weighted by Crippen LogP contribution is 2.23. The number of nitrogens with one attached hydrogen (secondary N) is 2. The first-order chi connectivity index (χ1) is 13.2. The highest BCUT2D eigenvalue weighted by atomic mass is 32.2. The van der Waals surface area contributed by atoms with Crippen molar-refractivity contribution >= 4 is 16.8 Å². The van der Waals surface area contributed by atoms with Crippen LogP contribution in [0.4, 0.5) is 0 Å². The number of rotatable bonds is 11. The van der Waals surface area contributed by atoms with Crippen LogP contribution in [0.5, 0.6) is 0 Å². The molecule has 1 fully saturated rings. The van der Waals surface area contributed by atoms with Gasteiger partial charge in [-0.1, -0.05) is 13.3 Å². The van der Waals surface area contributed by atoms with Crippen molar-refractivity contribution in [2.45, 2.75) is 63.7 Å². The highest BCUT2D eigenvalue weighted by Gasteiger charge is 2.26. The maximum atomic E-state index is 12.2. The SMILES string of the molecule is CCOCCCN=C(NCCc1ccco1)NC1CCCC(S(=O)CC)C1. The summed E-state index contributed by atoms with van der Waals surface area (Å²) in [7, 11) is -0.713. The molecular formula is C20H35N3O3S. The van der Waals surface area contributed by atoms with E-state index in [0.29, 0.717) is 11.3 Å². The maximum Gasteiger partial charge on any atom is 0.191 e. The Morgan fingerprint density at radius 2 is 2.30 bits per heavy atom. The van der Waals surface area contributed by atoms with Gasteiger partial charge in [-0.3, -0.25) is 9.20 Å². The van der Waals surface area contributed by atoms with Crippen LogP contribution in [0.2, 0.25) is 0 Å². The van der Waals surface area contributed by atoms with Gasteiger partial charge in [0.15, 0.2) is 5.96 Å². The molecule has 0 spiro atoms. The quantitative estimate of drug-likeness (QED) is 0.341. The van der Waals surface area contributed by atoms with Gasteiger partial charge < -0.3 is 19.8 Å². The van der Waals surface area contributed by atoms with Gasteiger partial charge in [0.1, 0.15) is 5.76 Å². The fourth-order valence-corrected chi connectivity index (χ4v) is 4.71. The molecule has 1 aromatic rings. The van der Waals surface area contributed by atoms with Gasteiger partial charge in [0.05, 0.1) is 6.26 Å². The molecule has 1 aliphatic rings. The van der Waals surface area contributed by atoms with Crippen molar-refractivity contribution in [3.8, 4) is 0 Å². The van der Waals surface area contributed by atoms with Crippen molar-refractivity contribution in [3.05, 3.63) is 24.2 Å². The van der Waals surface area contributed by atoms with Crippen LogP contribution in [0.1, 0.15) is 51.7 Å². The first-order valence-corrected chi connectivity index (χ1v) is 11.6. The first kappa shape index (κ1) is 22.0. The molecule has 6 nitrogen and oxygen atoms in total. The maximum absolute atomic E-state index is 12.2. The van der Waals surface area contributed by atoms with Gasteiger partial charge >= 0.3 is 0 Å². The summed E-state index contributed by atoms with van der Waals surface area (Å²) in [5.41, 5.74) is 0. The molecule has 1 aromatic heterocycles. The zero-order valence-electron chi connectivity index (χ0n) is 16.7. The van der Waals surface area contributed by atoms with Crippen LogP contribution < -0.4 is 10.6 Å². The summed E-state index contributed by atoms with van der Waals surface area (Å²) >= 11 is 0. The summed E-state index contributed by atoms with van der Waals surface area (Å²) in [4.78, 5) is 4.71. The molecule has 3 atom stereocenters. The van der Waals surface area contributed by atoms with Crippen LogP contribution in [0.15, 0.2) is 27.8 Å². The summed E-state index contributed by atoms with van der Waals surface area (Å²) < 4.78 is 23.0. The topological polar surface area (TPSA) is 75.9 Å². The molecule has 0 bridgehead atoms. The third kappa shape index (κ3) is 8.47. The molecular weight excluding hydrogens is 362 g/mol. The van der Waals surface area contributed by atoms with Crippen molar-refractivity contribution in [3.63, 3.8) is 0 Å². The molecule has 0 aromatic carbocycles. The molecule has 1 saturated carbocycles. The lowest BCUT2D eigenvalue weighted by atomic mass is 9.95. The fraction of sp³-hybridized carbons (Fsp3) is 0.750. The highest BCUT2D eigenvalue weighted by molar-refractivity contribution is 7.85. The van der Waals surface area contributed by atoms with Crippen molar-refractivity contribution < 1.29 is 13.4 Å². The average molecular weight is 398 g/mol. The zero-order chi connectivity index (χ0) is 19.3. The summed E-state index contributed by atoms with van der Waals surface area (Å²) in [5.74, 6) is 2.55. The third-order valence-electron chi connectivity index (χ3n) is 4.79. The molecule has 2 N–H and O–H groups in total. The van der Waals surface area contributed by atoms with Gasteiger partial charge in [0.2, 0.25) is 0 Å². The lowest BCUT2D eigenvalue weighted by Gasteiger charge is -2.30. The second kappa shape index (κ2) is 12.9. The Hall–Kier alpha value is -1.34. The van der Waals surface area contributed by atoms with E-state index in [-0.39, 0.29) is 0 Å². The van der Waals surface area contributed by atoms with E-state index in [1.807, 2.05) is 26.0 Å². The predicted octanol–water partition coefficient (Wildman–Crippen LogP) is 2.86. The summed E-state index contributed by atoms with van der Waals surface area (Å²) in [6.45, 7) is 6.99. The zero-order valence-corrected chi connectivity index (χ0v) is 17.6. The number of aliphatic imine (C=N–C) groups is 1. The van der Waals surface area contributed by atoms with Crippen LogP contribution in [0.3, 0.4) is 0 Å². The molecule has 1 aliphatic carbocycles. The van der Waals surface area contributed by atoms with Crippen molar-refractivity contribution in [1.29, 1.82) is 0 Å². The Morgan fingerprint density at radius 1 is 1.41 bits per heavy atom. The van der Waals surface area contributed by atoms with Crippen molar-refractivity contribution in [2.24, 2.45) is 4.99 Å². The van der Waals surface area contributed by atoms with E-state index in [1.54, 1.807) is 6.26 Å². The molecule has 154 valence electrons. The minimum atomic E-state index is -0.713. The number of furan rings is 1. The van der Waals surface area contributed by atoms with E-state index in [4.69, 9.17) is 14.1 Å². The number of guanidine groups is 1. The van der Waals surface area contributed by atoms with Gasteiger partial charge in [0.25, 0.3) is 0 Å². The van der Waals surface area contributed by atoms with Crippen LogP contribution in [-0.4, -0.2) is 53.5 Å². The third-order valence-corrected chi connectivity index (χ3v) is 6.53. The molecule has 0 saturated heterocycles. The van der Waals surface area contributed by atoms with E-state index in [1.165, 1.54) is 0 Å². The molecule has 3 unspecified atom stereocenters. The van der Waals surface area contributed by atoms with E-state index in [9.17, 15) is 4.21 Å². The molecule has 0 amide bonds. The summed E-state index contributed by atoms with van der Waals surface area (Å²) in [6.07, 6.45) is 7.69. The largest absolute Gasteiger partial charge is 0.469 e. The first-order valence-electron chi connectivity index (χ1n) is 10.2. The van der Waals surface area contributed by atoms with E-state index >= 15 is 0 Å². The number of nitrogens with zero attached hydrogens (tertiary/aromatic N) is 1. The van der Waals surface area contributed by atoms with Gasteiger partial charge in [-0.25, -0.2) is 0 Å². The average Bonchev–Trinajstić information content (AvgIpc) is 3.20. The van der Waals surface area contributed by atoms with Crippen LogP contribution in [-0.2, 0) is 22.0 Å². The summed E-state index contributed by atoms with van der Waals surface area (Å²) in [6, 6.07) is 4.23. The Morgan fingerprint density at radius 3 is 3.04 bits per heavy atom. The fourth-order valence-electron chi connectivity index (χ4n) is 3.36. The summed E-state index contributed by atoms with van der Waals surface area (Å²) in [5, 5.41) is 7.29. The monoisotopic (exact) mass is 397 g/mol. The molecule has 27 heavy (non-hydrogen) atoms. The van der Waals surface area contributed by atoms with Gasteiger partial charge in [-0.05, 0) is 44.7 Å². The number of hydrogen-bond acceptors (Lipinski definition) is 4. The molecule has 2 rings (SSSR count). The van der Waals surface area contributed by atoms with Gasteiger partial charge in [0, 0.05) is 60.6 Å². The Kier molecular flexibility index (Phi) is 10.5. The Bertz CT molecular complexity index is 563. The van der Waals surface area contributed by atoms with Crippen LogP contribution >= 0.6 is 0 Å². The van der Waals surface area contributed by atoms with E-state index in [2.05, 4.69) is 10.6 Å². The van der Waals surface area contributed by atoms with Gasteiger partial charge in [-0.15, -0.1) is 0 Å². The smallest absolute Gasteiger partial charge is 0.191 e. The van der Waals surface area contributed by atoms with Crippen LogP contribution in [0, 0.1) is 0 Å². The standard InChI is InChI=1S/C20H35N3O3S/c1-3-25-14-7-12-21-20(22-13-11-18-9-6-15-26-18)23-17-8-5-10-19(16-17)27(24)4-2/h6,9,15,17,19H,3-5,7-8,10-14,16H2,1-2H3,(H2,21,22,23). The van der Waals surface area contributed by atoms with Crippen LogP contribution in [0.25, 0.3) is 0 Å². The van der Waals surface area contributed by atoms with E-state index < -0.39 is 10.8 Å². The Labute approximate surface area is 166 Å². The van der Waals surface area contributed by atoms with Crippen molar-refractivity contribution in [2.75, 3.05) is 32.1 Å². The lowest BCUT2D eigenvalue weighted by molar-refractivity contribution is 0.146. The normalized spacial score (nSPS) is 21.8.